The number of hydrogen-bond acceptors (Lipinski definition) is 5. The molecule has 0 aliphatic carbocycles. The van der Waals surface area contributed by atoms with Crippen LogP contribution in [-0.4, -0.2) is 36.4 Å². The summed E-state index contributed by atoms with van der Waals surface area (Å²) in [6, 6.07) is 0. The number of carbonyl (C=O) groups is 2. The zero-order valence-electron chi connectivity index (χ0n) is 46.0. The second-order valence-electron chi connectivity index (χ2n) is 19.7. The Bertz CT molecular complexity index is 1330. The molecule has 0 saturated heterocycles. The van der Waals surface area contributed by atoms with Gasteiger partial charge in [0.15, 0.2) is 6.10 Å². The van der Waals surface area contributed by atoms with Crippen molar-refractivity contribution in [3.63, 3.8) is 0 Å². The molecule has 0 aromatic heterocycles. The number of unbranched alkanes of at least 4 members (excludes halogenated alkanes) is 31. The molecule has 5 heteroatoms. The molecule has 0 aromatic carbocycles. The van der Waals surface area contributed by atoms with Crippen molar-refractivity contribution in [2.75, 3.05) is 13.2 Å². The minimum atomic E-state index is -0.829. The van der Waals surface area contributed by atoms with Gasteiger partial charge in [0.25, 0.3) is 0 Å². The molecule has 0 aliphatic heterocycles. The summed E-state index contributed by atoms with van der Waals surface area (Å²) in [5, 5.41) is 9.60. The second kappa shape index (κ2) is 60.1. The molecule has 1 unspecified atom stereocenters. The maximum atomic E-state index is 12.2. The third-order valence-electron chi connectivity index (χ3n) is 12.9. The van der Waals surface area contributed by atoms with Crippen LogP contribution in [0.15, 0.2) is 97.2 Å². The lowest BCUT2D eigenvalue weighted by Gasteiger charge is -2.15. The van der Waals surface area contributed by atoms with E-state index in [9.17, 15) is 14.7 Å². The van der Waals surface area contributed by atoms with Crippen LogP contribution in [0.2, 0.25) is 0 Å². The highest BCUT2D eigenvalue weighted by Crippen LogP contribution is 2.17. The van der Waals surface area contributed by atoms with Crippen molar-refractivity contribution in [3.8, 4) is 0 Å². The van der Waals surface area contributed by atoms with E-state index >= 15 is 0 Å². The average Bonchev–Trinajstić information content (AvgIpc) is 3.36. The normalized spacial score (nSPS) is 12.9. The molecule has 402 valence electrons. The lowest BCUT2D eigenvalue weighted by molar-refractivity contribution is -0.160. The fourth-order valence-electron chi connectivity index (χ4n) is 8.46. The first-order valence-corrected chi connectivity index (χ1v) is 29.8. The summed E-state index contributed by atoms with van der Waals surface area (Å²) in [5.74, 6) is -0.734. The van der Waals surface area contributed by atoms with Gasteiger partial charge in [-0.05, 0) is 77.0 Å². The molecule has 5 nitrogen and oxygen atoms in total. The minimum Gasteiger partial charge on any atom is -0.462 e. The first-order chi connectivity index (χ1) is 34.6. The zero-order valence-corrected chi connectivity index (χ0v) is 46.0. The van der Waals surface area contributed by atoms with Crippen molar-refractivity contribution in [1.29, 1.82) is 0 Å². The maximum absolute atomic E-state index is 12.2. The van der Waals surface area contributed by atoms with Crippen molar-refractivity contribution < 1.29 is 24.2 Å². The van der Waals surface area contributed by atoms with Crippen LogP contribution >= 0.6 is 0 Å². The van der Waals surface area contributed by atoms with Gasteiger partial charge in [0, 0.05) is 6.42 Å². The number of carbonyl (C=O) groups excluding carboxylic acids is 2. The van der Waals surface area contributed by atoms with Gasteiger partial charge in [0.05, 0.1) is 13.0 Å². The Hall–Kier alpha value is -3.18. The molecule has 1 atom stereocenters. The van der Waals surface area contributed by atoms with E-state index in [2.05, 4.69) is 98.9 Å². The minimum absolute atomic E-state index is 0.107. The largest absolute Gasteiger partial charge is 0.462 e. The van der Waals surface area contributed by atoms with Gasteiger partial charge in [0.2, 0.25) is 0 Å². The molecule has 0 rings (SSSR count). The Kier molecular flexibility index (Phi) is 57.4. The molecule has 1 N–H and O–H groups in total. The lowest BCUT2D eigenvalue weighted by atomic mass is 10.0. The van der Waals surface area contributed by atoms with Gasteiger partial charge in [-0.25, -0.2) is 0 Å². The van der Waals surface area contributed by atoms with E-state index in [1.807, 2.05) is 6.08 Å². The van der Waals surface area contributed by atoms with Gasteiger partial charge >= 0.3 is 11.9 Å². The Labute approximate surface area is 434 Å². The summed E-state index contributed by atoms with van der Waals surface area (Å²) in [7, 11) is 0. The van der Waals surface area contributed by atoms with Crippen molar-refractivity contribution >= 4 is 11.9 Å². The summed E-state index contributed by atoms with van der Waals surface area (Å²) >= 11 is 0. The third kappa shape index (κ3) is 57.4. The monoisotopic (exact) mass is 973 g/mol. The van der Waals surface area contributed by atoms with Gasteiger partial charge < -0.3 is 14.6 Å². The van der Waals surface area contributed by atoms with Gasteiger partial charge in [-0.3, -0.25) is 9.59 Å². The van der Waals surface area contributed by atoms with Gasteiger partial charge in [-0.2, -0.15) is 0 Å². The van der Waals surface area contributed by atoms with E-state index in [-0.39, 0.29) is 25.6 Å². The maximum Gasteiger partial charge on any atom is 0.310 e. The fraction of sp³-hybridized carbons (Fsp3) is 0.723. The summed E-state index contributed by atoms with van der Waals surface area (Å²) in [6.45, 7) is 3.94. The van der Waals surface area contributed by atoms with E-state index in [0.29, 0.717) is 6.42 Å². The zero-order chi connectivity index (χ0) is 50.6. The van der Waals surface area contributed by atoms with E-state index in [4.69, 9.17) is 9.47 Å². The first kappa shape index (κ1) is 66.8. The molecule has 0 spiro atoms. The van der Waals surface area contributed by atoms with Crippen LogP contribution in [0.1, 0.15) is 284 Å². The summed E-state index contributed by atoms with van der Waals surface area (Å²) in [6.07, 6.45) is 85.9. The number of allylic oxidation sites excluding steroid dienone is 15. The fourth-order valence-corrected chi connectivity index (χ4v) is 8.46. The number of hydrogen-bond donors (Lipinski definition) is 1. The summed E-state index contributed by atoms with van der Waals surface area (Å²) < 4.78 is 10.6. The molecular formula is C65H112O5. The first-order valence-electron chi connectivity index (χ1n) is 29.8. The molecule has 0 saturated carbocycles. The van der Waals surface area contributed by atoms with E-state index < -0.39 is 12.1 Å². The van der Waals surface area contributed by atoms with E-state index in [1.54, 1.807) is 6.08 Å². The highest BCUT2D eigenvalue weighted by Gasteiger charge is 2.15. The topological polar surface area (TPSA) is 72.8 Å². The van der Waals surface area contributed by atoms with Crippen LogP contribution in [-0.2, 0) is 19.1 Å². The van der Waals surface area contributed by atoms with Gasteiger partial charge in [-0.1, -0.05) is 291 Å². The predicted molar refractivity (Wildman–Crippen MR) is 306 cm³/mol. The smallest absolute Gasteiger partial charge is 0.310 e. The molecule has 0 amide bonds. The number of aliphatic hydroxyl groups is 1. The van der Waals surface area contributed by atoms with E-state index in [0.717, 1.165) is 64.2 Å². The van der Waals surface area contributed by atoms with Crippen molar-refractivity contribution in [3.05, 3.63) is 97.2 Å². The van der Waals surface area contributed by atoms with Crippen molar-refractivity contribution in [1.82, 2.24) is 0 Å². The number of aliphatic hydroxyl groups excluding tert-OH is 1. The number of esters is 2. The molecule has 0 bridgehead atoms. The molecule has 0 radical (unpaired) electrons. The van der Waals surface area contributed by atoms with Crippen LogP contribution < -0.4 is 0 Å². The molecule has 0 aliphatic rings. The van der Waals surface area contributed by atoms with Gasteiger partial charge in [0.1, 0.15) is 6.61 Å². The molecule has 0 fully saturated rings. The molecule has 70 heavy (non-hydrogen) atoms. The quantitative estimate of drug-likeness (QED) is 0.0373. The highest BCUT2D eigenvalue weighted by molar-refractivity contribution is 5.71. The molecule has 0 aromatic rings. The summed E-state index contributed by atoms with van der Waals surface area (Å²) in [4.78, 5) is 24.4. The number of rotatable bonds is 54. The Balaban J connectivity index is 3.43. The Morgan fingerprint density at radius 1 is 0.357 bits per heavy atom. The highest BCUT2D eigenvalue weighted by atomic mass is 16.6. The average molecular weight is 974 g/mol. The number of ether oxygens (including phenoxy) is 2. The van der Waals surface area contributed by atoms with Crippen LogP contribution in [0.3, 0.4) is 0 Å². The van der Waals surface area contributed by atoms with Crippen LogP contribution in [0, 0.1) is 0 Å². The van der Waals surface area contributed by atoms with E-state index in [1.165, 1.54) is 193 Å². The predicted octanol–water partition coefficient (Wildman–Crippen LogP) is 20.3. The van der Waals surface area contributed by atoms with Gasteiger partial charge in [-0.15, -0.1) is 0 Å². The van der Waals surface area contributed by atoms with Crippen LogP contribution in [0.25, 0.3) is 0 Å². The van der Waals surface area contributed by atoms with Crippen LogP contribution in [0.5, 0.6) is 0 Å². The van der Waals surface area contributed by atoms with Crippen LogP contribution in [0.4, 0.5) is 0 Å². The Morgan fingerprint density at radius 2 is 0.657 bits per heavy atom. The third-order valence-corrected chi connectivity index (χ3v) is 12.9. The van der Waals surface area contributed by atoms with Crippen molar-refractivity contribution in [2.24, 2.45) is 0 Å². The van der Waals surface area contributed by atoms with Crippen molar-refractivity contribution in [2.45, 2.75) is 290 Å². The Morgan fingerprint density at radius 3 is 1.00 bits per heavy atom. The molecular weight excluding hydrogens is 861 g/mol. The SMILES string of the molecule is CC/C=C\C/C=C\C/C=C\C/C=C\C/C=C\CC(=O)OC(CO)COC(=O)CCCCCCCCCCCCCCCCCCCCCCCCCCCC/C=C\C/C=C\C/C=C\CCCCCCC. The molecule has 0 heterocycles. The standard InChI is InChI=1S/C65H112O5/c1-3-5-7-9-11-13-15-17-19-20-21-22-23-24-25-26-27-28-29-30-31-32-33-34-35-36-37-38-39-40-41-42-43-44-46-47-49-51-53-55-57-59-64(67)69-62-63(61-66)70-65(68)60-58-56-54-52-50-48-45-18-16-14-12-10-8-6-4-2/h6,8,12,14-15,17-18,20-21,23-24,45,50,52,56,58,63,66H,3-5,7,9-11,13,16,19,22,25-44,46-49,51,53-55,57,59-62H2,1-2H3/b8-6-,14-12-,17-15-,21-20-,24-23-,45-18-,52-50-,58-56-. The summed E-state index contributed by atoms with van der Waals surface area (Å²) in [5.41, 5.74) is 0. The lowest BCUT2D eigenvalue weighted by Crippen LogP contribution is -2.28. The second-order valence-corrected chi connectivity index (χ2v) is 19.7.